The van der Waals surface area contributed by atoms with Crippen LogP contribution in [0.25, 0.3) is 0 Å². The highest BCUT2D eigenvalue weighted by molar-refractivity contribution is 5.86. The van der Waals surface area contributed by atoms with Gasteiger partial charge in [-0.25, -0.2) is 9.97 Å². The first kappa shape index (κ1) is 31.6. The zero-order valence-electron chi connectivity index (χ0n) is 24.1. The van der Waals surface area contributed by atoms with Crippen LogP contribution in [0.15, 0.2) is 30.6 Å². The number of carbonyl (C=O) groups is 1. The summed E-state index contributed by atoms with van der Waals surface area (Å²) in [6.07, 6.45) is 3.82. The fourth-order valence-corrected chi connectivity index (χ4v) is 6.44. The largest absolute Gasteiger partial charge is 0.387 e. The van der Waals surface area contributed by atoms with Crippen molar-refractivity contribution in [1.82, 2.24) is 20.2 Å². The molecule has 3 heterocycles. The molecular weight excluding hydrogens is 533 g/mol. The van der Waals surface area contributed by atoms with Crippen LogP contribution < -0.4 is 10.2 Å². The van der Waals surface area contributed by atoms with Gasteiger partial charge in [0, 0.05) is 43.3 Å². The van der Waals surface area contributed by atoms with Crippen molar-refractivity contribution >= 4 is 36.5 Å². The Bertz CT molecular complexity index is 1140. The van der Waals surface area contributed by atoms with E-state index in [4.69, 9.17) is 0 Å². The molecule has 2 unspecified atom stereocenters. The fraction of sp³-hybridized carbons (Fsp3) is 0.633. The van der Waals surface area contributed by atoms with E-state index in [9.17, 15) is 9.90 Å². The highest BCUT2D eigenvalue weighted by Gasteiger charge is 2.41. The van der Waals surface area contributed by atoms with Crippen molar-refractivity contribution in [2.24, 2.45) is 0 Å². The van der Waals surface area contributed by atoms with Crippen molar-refractivity contribution in [3.05, 3.63) is 53.0 Å². The van der Waals surface area contributed by atoms with Crippen molar-refractivity contribution in [3.8, 4) is 0 Å². The standard InChI is InChI=1S/C30H43N5O2.2ClH/c1-19-17-23(36)26-24(19)27(32-18-31-26)34-13-15-35(16-14-34)28(37)25(22-11-12-30(5,6)33-22)20-7-9-21(10-8-20)29(2,3)4;;/h7-10,18-19,22-23,25,33,36H,11-17H2,1-6H3;2*1H/t19-,22?,23-,25?;;/m1../s1. The number of aliphatic hydroxyl groups excluding tert-OH is 1. The van der Waals surface area contributed by atoms with Crippen molar-refractivity contribution in [1.29, 1.82) is 0 Å². The molecule has 2 N–H and O–H groups in total. The normalized spacial score (nSPS) is 24.9. The van der Waals surface area contributed by atoms with E-state index >= 15 is 0 Å². The third-order valence-corrected chi connectivity index (χ3v) is 8.63. The number of benzene rings is 1. The van der Waals surface area contributed by atoms with E-state index in [0.29, 0.717) is 19.5 Å². The Morgan fingerprint density at radius 3 is 2.28 bits per heavy atom. The van der Waals surface area contributed by atoms with Gasteiger partial charge in [-0.1, -0.05) is 52.0 Å². The van der Waals surface area contributed by atoms with Gasteiger partial charge in [-0.05, 0) is 55.6 Å². The predicted molar refractivity (Wildman–Crippen MR) is 161 cm³/mol. The van der Waals surface area contributed by atoms with Gasteiger partial charge in [-0.15, -0.1) is 24.8 Å². The average molecular weight is 579 g/mol. The van der Waals surface area contributed by atoms with Gasteiger partial charge in [0.2, 0.25) is 5.91 Å². The number of nitrogens with zero attached hydrogens (tertiary/aromatic N) is 4. The molecule has 2 saturated heterocycles. The van der Waals surface area contributed by atoms with Gasteiger partial charge in [0.1, 0.15) is 12.1 Å². The summed E-state index contributed by atoms with van der Waals surface area (Å²) in [5.41, 5.74) is 4.35. The number of hydrogen-bond acceptors (Lipinski definition) is 6. The van der Waals surface area contributed by atoms with Crippen molar-refractivity contribution in [3.63, 3.8) is 0 Å². The lowest BCUT2D eigenvalue weighted by molar-refractivity contribution is -0.133. The van der Waals surface area contributed by atoms with Crippen LogP contribution in [0.1, 0.15) is 101 Å². The summed E-state index contributed by atoms with van der Waals surface area (Å²) < 4.78 is 0. The van der Waals surface area contributed by atoms with Crippen LogP contribution in [-0.4, -0.2) is 63.6 Å². The summed E-state index contributed by atoms with van der Waals surface area (Å²) in [7, 11) is 0. The maximum Gasteiger partial charge on any atom is 0.231 e. The molecule has 1 aromatic heterocycles. The van der Waals surface area contributed by atoms with Crippen molar-refractivity contribution in [2.75, 3.05) is 31.1 Å². The smallest absolute Gasteiger partial charge is 0.231 e. The van der Waals surface area contributed by atoms with E-state index in [1.165, 1.54) is 5.56 Å². The van der Waals surface area contributed by atoms with E-state index < -0.39 is 6.10 Å². The number of hydrogen-bond donors (Lipinski definition) is 2. The number of aliphatic hydroxyl groups is 1. The molecule has 0 saturated carbocycles. The average Bonchev–Trinajstić information content (AvgIpc) is 3.36. The molecule has 39 heavy (non-hydrogen) atoms. The van der Waals surface area contributed by atoms with Crippen LogP contribution in [0.5, 0.6) is 0 Å². The fourth-order valence-electron chi connectivity index (χ4n) is 6.44. The predicted octanol–water partition coefficient (Wildman–Crippen LogP) is 5.12. The SMILES string of the molecule is C[C@@H]1C[C@@H](O)c2ncnc(N3CCN(C(=O)C(c4ccc(C(C)(C)C)cc4)C4CCC(C)(C)N4)CC3)c21.Cl.Cl. The topological polar surface area (TPSA) is 81.6 Å². The van der Waals surface area contributed by atoms with Gasteiger partial charge in [0.15, 0.2) is 0 Å². The Morgan fingerprint density at radius 1 is 1.08 bits per heavy atom. The maximum absolute atomic E-state index is 14.1. The molecule has 2 aromatic rings. The van der Waals surface area contributed by atoms with Gasteiger partial charge >= 0.3 is 0 Å². The molecule has 2 fully saturated rings. The Morgan fingerprint density at radius 2 is 1.72 bits per heavy atom. The van der Waals surface area contributed by atoms with Gasteiger partial charge in [0.25, 0.3) is 0 Å². The third kappa shape index (κ3) is 6.37. The summed E-state index contributed by atoms with van der Waals surface area (Å²) >= 11 is 0. The molecule has 3 aliphatic rings. The molecule has 1 amide bonds. The molecule has 2 aliphatic heterocycles. The van der Waals surface area contributed by atoms with Gasteiger partial charge in [-0.2, -0.15) is 0 Å². The lowest BCUT2D eigenvalue weighted by Crippen LogP contribution is -2.53. The summed E-state index contributed by atoms with van der Waals surface area (Å²) in [5, 5.41) is 14.2. The number of aromatic nitrogens is 2. The lowest BCUT2D eigenvalue weighted by atomic mass is 9.83. The zero-order valence-corrected chi connectivity index (χ0v) is 25.7. The monoisotopic (exact) mass is 577 g/mol. The van der Waals surface area contributed by atoms with Crippen LogP contribution in [0.3, 0.4) is 0 Å². The highest BCUT2D eigenvalue weighted by Crippen LogP contribution is 2.43. The molecule has 4 atom stereocenters. The first-order valence-electron chi connectivity index (χ1n) is 13.9. The summed E-state index contributed by atoms with van der Waals surface area (Å²) in [5.74, 6) is 1.18. The lowest BCUT2D eigenvalue weighted by Gasteiger charge is -2.39. The summed E-state index contributed by atoms with van der Waals surface area (Å²) in [4.78, 5) is 27.4. The minimum absolute atomic E-state index is 0. The molecule has 7 nitrogen and oxygen atoms in total. The van der Waals surface area contributed by atoms with Gasteiger partial charge < -0.3 is 20.2 Å². The van der Waals surface area contributed by atoms with E-state index in [1.807, 2.05) is 4.90 Å². The number of amides is 1. The molecule has 0 bridgehead atoms. The van der Waals surface area contributed by atoms with Crippen molar-refractivity contribution < 1.29 is 9.90 Å². The molecular formula is C30H45Cl2N5O2. The number of rotatable bonds is 4. The maximum atomic E-state index is 14.1. The molecule has 0 spiro atoms. The van der Waals surface area contributed by atoms with Crippen LogP contribution in [0.2, 0.25) is 0 Å². The molecule has 5 rings (SSSR count). The molecule has 1 aromatic carbocycles. The molecule has 0 radical (unpaired) electrons. The van der Waals surface area contributed by atoms with Gasteiger partial charge in [-0.3, -0.25) is 4.79 Å². The number of anilines is 1. The quantitative estimate of drug-likeness (QED) is 0.524. The van der Waals surface area contributed by atoms with Crippen molar-refractivity contribution in [2.45, 2.75) is 95.7 Å². The van der Waals surface area contributed by atoms with E-state index in [-0.39, 0.29) is 59.6 Å². The molecule has 9 heteroatoms. The summed E-state index contributed by atoms with van der Waals surface area (Å²) in [6, 6.07) is 8.86. The second kappa shape index (κ2) is 11.9. The highest BCUT2D eigenvalue weighted by atomic mass is 35.5. The second-order valence-electron chi connectivity index (χ2n) is 13.0. The second-order valence-corrected chi connectivity index (χ2v) is 13.0. The molecule has 1 aliphatic carbocycles. The van der Waals surface area contributed by atoms with E-state index in [1.54, 1.807) is 6.33 Å². The van der Waals surface area contributed by atoms with Crippen LogP contribution >= 0.6 is 24.8 Å². The van der Waals surface area contributed by atoms with Crippen LogP contribution in [-0.2, 0) is 10.2 Å². The van der Waals surface area contributed by atoms with E-state index in [0.717, 1.165) is 48.6 Å². The first-order valence-corrected chi connectivity index (χ1v) is 13.9. The Labute approximate surface area is 246 Å². The Hall–Kier alpha value is -1.93. The number of piperazine rings is 1. The molecule has 216 valence electrons. The minimum Gasteiger partial charge on any atom is -0.387 e. The number of fused-ring (bicyclic) bond motifs is 1. The number of halogens is 2. The summed E-state index contributed by atoms with van der Waals surface area (Å²) in [6.45, 7) is 16.1. The van der Waals surface area contributed by atoms with Crippen LogP contribution in [0, 0.1) is 0 Å². The van der Waals surface area contributed by atoms with Gasteiger partial charge in [0.05, 0.1) is 17.7 Å². The number of carbonyl (C=O) groups excluding carboxylic acids is 1. The Balaban J connectivity index is 0.00000210. The first-order chi connectivity index (χ1) is 17.4. The Kier molecular flexibility index (Phi) is 9.64. The zero-order chi connectivity index (χ0) is 26.5. The minimum atomic E-state index is -0.511. The van der Waals surface area contributed by atoms with Crippen LogP contribution in [0.4, 0.5) is 5.82 Å². The van der Waals surface area contributed by atoms with E-state index in [2.05, 4.69) is 86.0 Å². The number of nitrogens with one attached hydrogen (secondary N) is 1. The third-order valence-electron chi connectivity index (χ3n) is 8.63.